The highest BCUT2D eigenvalue weighted by atomic mass is 16.6. The van der Waals surface area contributed by atoms with Crippen LogP contribution in [0.1, 0.15) is 10.4 Å². The molecule has 1 aromatic rings. The molecular weight excluding hydrogens is 220 g/mol. The summed E-state index contributed by atoms with van der Waals surface area (Å²) in [5.74, 6) is -0.897. The van der Waals surface area contributed by atoms with Gasteiger partial charge in [-0.05, 0) is 6.08 Å². The number of rotatable bonds is 6. The minimum atomic E-state index is -0.972. The second-order valence-electron chi connectivity index (χ2n) is 3.31. The van der Waals surface area contributed by atoms with E-state index in [1.165, 1.54) is 13.2 Å². The fourth-order valence-corrected chi connectivity index (χ4v) is 1.27. The van der Waals surface area contributed by atoms with Crippen LogP contribution < -0.4 is 0 Å². The third-order valence-corrected chi connectivity index (χ3v) is 2.05. The van der Waals surface area contributed by atoms with Crippen molar-refractivity contribution in [1.82, 2.24) is 0 Å². The Balaban J connectivity index is 2.71. The summed E-state index contributed by atoms with van der Waals surface area (Å²) in [7, 11) is 1.38. The molecule has 4 nitrogen and oxygen atoms in total. The van der Waals surface area contributed by atoms with Gasteiger partial charge in [0.1, 0.15) is 6.61 Å². The summed E-state index contributed by atoms with van der Waals surface area (Å²) in [6.45, 7) is 3.29. The van der Waals surface area contributed by atoms with E-state index in [0.29, 0.717) is 5.56 Å². The monoisotopic (exact) mass is 234 g/mol. The number of esters is 1. The van der Waals surface area contributed by atoms with Crippen LogP contribution in [0.4, 0.5) is 0 Å². The topological polar surface area (TPSA) is 52.6 Å². The van der Waals surface area contributed by atoms with Gasteiger partial charge < -0.3 is 9.47 Å². The Morgan fingerprint density at radius 2 is 2.00 bits per heavy atom. The summed E-state index contributed by atoms with van der Waals surface area (Å²) in [6, 6.07) is 8.59. The Hall–Kier alpha value is -1.94. The second kappa shape index (κ2) is 6.60. The molecule has 1 rings (SSSR count). The molecule has 0 aliphatic heterocycles. The van der Waals surface area contributed by atoms with Crippen molar-refractivity contribution < 1.29 is 19.1 Å². The van der Waals surface area contributed by atoms with Crippen molar-refractivity contribution >= 4 is 11.8 Å². The summed E-state index contributed by atoms with van der Waals surface area (Å²) < 4.78 is 9.54. The van der Waals surface area contributed by atoms with Crippen LogP contribution in [-0.4, -0.2) is 31.6 Å². The van der Waals surface area contributed by atoms with Gasteiger partial charge in [-0.3, -0.25) is 4.79 Å². The summed E-state index contributed by atoms with van der Waals surface area (Å²) in [5.41, 5.74) is 0.475. The van der Waals surface area contributed by atoms with Gasteiger partial charge in [0.05, 0.1) is 0 Å². The molecule has 0 aromatic heterocycles. The summed E-state index contributed by atoms with van der Waals surface area (Å²) in [5, 5.41) is 0. The molecular formula is C13H14O4. The molecule has 0 N–H and O–H groups in total. The van der Waals surface area contributed by atoms with Gasteiger partial charge in [-0.25, -0.2) is 4.79 Å². The van der Waals surface area contributed by atoms with Gasteiger partial charge in [-0.2, -0.15) is 0 Å². The molecule has 0 heterocycles. The van der Waals surface area contributed by atoms with E-state index in [1.54, 1.807) is 30.3 Å². The Bertz CT molecular complexity index is 397. The van der Waals surface area contributed by atoms with Crippen LogP contribution in [0.2, 0.25) is 0 Å². The minimum absolute atomic E-state index is 0.188. The van der Waals surface area contributed by atoms with E-state index in [4.69, 9.17) is 4.74 Å². The highest BCUT2D eigenvalue weighted by Gasteiger charge is 2.20. The van der Waals surface area contributed by atoms with Gasteiger partial charge in [-0.1, -0.05) is 36.9 Å². The van der Waals surface area contributed by atoms with E-state index >= 15 is 0 Å². The lowest BCUT2D eigenvalue weighted by molar-refractivity contribution is -0.149. The fourth-order valence-electron chi connectivity index (χ4n) is 1.27. The lowest BCUT2D eigenvalue weighted by Gasteiger charge is -2.12. The summed E-state index contributed by atoms with van der Waals surface area (Å²) in [4.78, 5) is 23.1. The number of hydrogen-bond acceptors (Lipinski definition) is 4. The fraction of sp³-hybridized carbons (Fsp3) is 0.231. The maximum absolute atomic E-state index is 11.9. The number of carbonyl (C=O) groups excluding carboxylic acids is 2. The van der Waals surface area contributed by atoms with Crippen LogP contribution >= 0.6 is 0 Å². The number of methoxy groups -OCH3 is 1. The first-order valence-electron chi connectivity index (χ1n) is 5.09. The van der Waals surface area contributed by atoms with Crippen LogP contribution in [0.25, 0.3) is 0 Å². The predicted octanol–water partition coefficient (Wildman–Crippen LogP) is 1.61. The minimum Gasteiger partial charge on any atom is -0.448 e. The normalized spacial score (nSPS) is 11.6. The Morgan fingerprint density at radius 1 is 1.35 bits per heavy atom. The molecule has 0 spiro atoms. The van der Waals surface area contributed by atoms with E-state index < -0.39 is 12.1 Å². The molecule has 0 bridgehead atoms. The van der Waals surface area contributed by atoms with Crippen LogP contribution in [0.5, 0.6) is 0 Å². The number of hydrogen-bond donors (Lipinski definition) is 0. The standard InChI is InChI=1S/C13H14O4/c1-3-11(17-12(14)9-16-2)13(15)10-7-5-4-6-8-10/h3-8,11H,1,9H2,2H3. The average Bonchev–Trinajstić information content (AvgIpc) is 2.36. The van der Waals surface area contributed by atoms with E-state index in [2.05, 4.69) is 11.3 Å². The number of ketones is 1. The van der Waals surface area contributed by atoms with E-state index in [0.717, 1.165) is 0 Å². The molecule has 0 saturated carbocycles. The van der Waals surface area contributed by atoms with Crippen molar-refractivity contribution in [2.75, 3.05) is 13.7 Å². The van der Waals surface area contributed by atoms with E-state index in [9.17, 15) is 9.59 Å². The van der Waals surface area contributed by atoms with Crippen molar-refractivity contribution in [2.24, 2.45) is 0 Å². The van der Waals surface area contributed by atoms with Gasteiger partial charge in [0, 0.05) is 12.7 Å². The molecule has 17 heavy (non-hydrogen) atoms. The molecule has 0 saturated heterocycles. The maximum atomic E-state index is 11.9. The summed E-state index contributed by atoms with van der Waals surface area (Å²) in [6.07, 6.45) is 0.322. The molecule has 4 heteroatoms. The first kappa shape index (κ1) is 13.1. The molecule has 0 aliphatic carbocycles. The first-order chi connectivity index (χ1) is 8.19. The number of carbonyl (C=O) groups is 2. The predicted molar refractivity (Wildman–Crippen MR) is 62.7 cm³/mol. The molecule has 0 amide bonds. The SMILES string of the molecule is C=CC(OC(=O)COC)C(=O)c1ccccc1. The molecule has 1 atom stereocenters. The molecule has 90 valence electrons. The average molecular weight is 234 g/mol. The largest absolute Gasteiger partial charge is 0.448 e. The molecule has 0 fully saturated rings. The third kappa shape index (κ3) is 3.85. The van der Waals surface area contributed by atoms with Crippen molar-refractivity contribution in [3.63, 3.8) is 0 Å². The number of benzene rings is 1. The van der Waals surface area contributed by atoms with Gasteiger partial charge in [-0.15, -0.1) is 0 Å². The highest BCUT2D eigenvalue weighted by Crippen LogP contribution is 2.07. The van der Waals surface area contributed by atoms with Crippen molar-refractivity contribution in [3.8, 4) is 0 Å². The molecule has 0 radical (unpaired) electrons. The van der Waals surface area contributed by atoms with Crippen LogP contribution in [0, 0.1) is 0 Å². The first-order valence-corrected chi connectivity index (χ1v) is 5.09. The van der Waals surface area contributed by atoms with Gasteiger partial charge >= 0.3 is 5.97 Å². The Morgan fingerprint density at radius 3 is 2.53 bits per heavy atom. The molecule has 0 aliphatic rings. The third-order valence-electron chi connectivity index (χ3n) is 2.05. The maximum Gasteiger partial charge on any atom is 0.333 e. The highest BCUT2D eigenvalue weighted by molar-refractivity contribution is 6.01. The van der Waals surface area contributed by atoms with Gasteiger partial charge in [0.2, 0.25) is 5.78 Å². The van der Waals surface area contributed by atoms with Crippen molar-refractivity contribution in [3.05, 3.63) is 48.6 Å². The summed E-state index contributed by atoms with van der Waals surface area (Å²) >= 11 is 0. The molecule has 1 unspecified atom stereocenters. The zero-order valence-corrected chi connectivity index (χ0v) is 9.59. The van der Waals surface area contributed by atoms with Gasteiger partial charge in [0.25, 0.3) is 0 Å². The van der Waals surface area contributed by atoms with E-state index in [-0.39, 0.29) is 12.4 Å². The second-order valence-corrected chi connectivity index (χ2v) is 3.31. The number of ether oxygens (including phenoxy) is 2. The van der Waals surface area contributed by atoms with Crippen molar-refractivity contribution in [2.45, 2.75) is 6.10 Å². The van der Waals surface area contributed by atoms with Crippen molar-refractivity contribution in [1.29, 1.82) is 0 Å². The zero-order chi connectivity index (χ0) is 12.7. The Labute approximate surface area is 99.8 Å². The lowest BCUT2D eigenvalue weighted by atomic mass is 10.1. The Kier molecular flexibility index (Phi) is 5.10. The number of Topliss-reactive ketones (excluding diaryl/α,β-unsaturated/α-hetero) is 1. The van der Waals surface area contributed by atoms with Gasteiger partial charge in [0.15, 0.2) is 6.10 Å². The zero-order valence-electron chi connectivity index (χ0n) is 9.59. The van der Waals surface area contributed by atoms with E-state index in [1.807, 2.05) is 0 Å². The quantitative estimate of drug-likeness (QED) is 0.426. The van der Waals surface area contributed by atoms with Crippen LogP contribution in [0.3, 0.4) is 0 Å². The lowest BCUT2D eigenvalue weighted by Crippen LogP contribution is -2.27. The van der Waals surface area contributed by atoms with Crippen LogP contribution in [0.15, 0.2) is 43.0 Å². The smallest absolute Gasteiger partial charge is 0.333 e. The molecule has 1 aromatic carbocycles. The van der Waals surface area contributed by atoms with Crippen LogP contribution in [-0.2, 0) is 14.3 Å².